The second kappa shape index (κ2) is 5.19. The zero-order chi connectivity index (χ0) is 17.1. The van der Waals surface area contributed by atoms with Gasteiger partial charge in [0.25, 0.3) is 0 Å². The Balaban J connectivity index is 2.10. The Kier molecular flexibility index (Phi) is 3.99. The van der Waals surface area contributed by atoms with Crippen LogP contribution in [-0.2, 0) is 0 Å². The van der Waals surface area contributed by atoms with E-state index in [9.17, 15) is 15.3 Å². The molecule has 4 rings (SSSR count). The van der Waals surface area contributed by atoms with Gasteiger partial charge in [-0.2, -0.15) is 0 Å². The number of hydrogen-bond donors (Lipinski definition) is 3. The Bertz CT molecular complexity index is 430. The van der Waals surface area contributed by atoms with Crippen molar-refractivity contribution in [2.24, 2.45) is 16.7 Å². The maximum absolute atomic E-state index is 11.4. The molecule has 0 saturated heterocycles. The highest BCUT2D eigenvalue weighted by Crippen LogP contribution is 2.73. The van der Waals surface area contributed by atoms with Gasteiger partial charge in [-0.3, -0.25) is 0 Å². The van der Waals surface area contributed by atoms with E-state index in [2.05, 4.69) is 27.7 Å². The zero-order valence-electron chi connectivity index (χ0n) is 15.5. The normalized spacial score (nSPS) is 43.2. The van der Waals surface area contributed by atoms with E-state index in [0.29, 0.717) is 5.92 Å². The van der Waals surface area contributed by atoms with Gasteiger partial charge in [-0.05, 0) is 70.1 Å². The van der Waals surface area contributed by atoms with Crippen LogP contribution in [0.1, 0.15) is 91.9 Å². The van der Waals surface area contributed by atoms with E-state index in [4.69, 9.17) is 0 Å². The highest BCUT2D eigenvalue weighted by molar-refractivity contribution is 5.21. The Hall–Kier alpha value is -0.120. The van der Waals surface area contributed by atoms with Gasteiger partial charge < -0.3 is 15.3 Å². The Morgan fingerprint density at radius 3 is 1.43 bits per heavy atom. The first-order valence-corrected chi connectivity index (χ1v) is 9.82. The molecule has 3 heteroatoms. The van der Waals surface area contributed by atoms with E-state index in [1.807, 2.05) is 0 Å². The Labute approximate surface area is 141 Å². The van der Waals surface area contributed by atoms with Gasteiger partial charge in [-0.25, -0.2) is 0 Å². The minimum Gasteiger partial charge on any atom is -0.390 e. The maximum atomic E-state index is 11.4. The highest BCUT2D eigenvalue weighted by Gasteiger charge is 2.71. The van der Waals surface area contributed by atoms with Gasteiger partial charge in [0.2, 0.25) is 0 Å². The summed E-state index contributed by atoms with van der Waals surface area (Å²) in [6.07, 6.45) is 8.19. The molecule has 0 heterocycles. The summed E-state index contributed by atoms with van der Waals surface area (Å²) in [6, 6.07) is 0. The summed E-state index contributed by atoms with van der Waals surface area (Å²) in [5, 5.41) is 34.2. The van der Waals surface area contributed by atoms with Gasteiger partial charge in [-0.1, -0.05) is 27.7 Å². The minimum absolute atomic E-state index is 0.219. The molecule has 0 aromatic heterocycles. The van der Waals surface area contributed by atoms with E-state index in [0.717, 1.165) is 64.2 Å². The van der Waals surface area contributed by atoms with Gasteiger partial charge in [-0.15, -0.1) is 0 Å². The van der Waals surface area contributed by atoms with Gasteiger partial charge in [0.05, 0.1) is 16.8 Å². The molecule has 0 spiro atoms. The molecule has 2 unspecified atom stereocenters. The first kappa shape index (κ1) is 17.7. The topological polar surface area (TPSA) is 60.7 Å². The molecule has 0 radical (unpaired) electrons. The lowest BCUT2D eigenvalue weighted by molar-refractivity contribution is -0.294. The molecule has 4 fully saturated rings. The fourth-order valence-electron chi connectivity index (χ4n) is 7.43. The van der Waals surface area contributed by atoms with E-state index in [1.54, 1.807) is 0 Å². The second-order valence-electron chi connectivity index (χ2n) is 9.27. The monoisotopic (exact) mass is 324 g/mol. The third kappa shape index (κ3) is 2.19. The summed E-state index contributed by atoms with van der Waals surface area (Å²) in [4.78, 5) is 0. The van der Waals surface area contributed by atoms with E-state index >= 15 is 0 Å². The standard InChI is InChI=1S/C20H36O3/c1-5-19(22,6-2)16-9-15-10-17(12-16,20(23,7-3)8-4)14-18(21,11-15)13-16/h15,21-23H,5-14H2,1-4H3. The number of aliphatic hydroxyl groups is 3. The summed E-state index contributed by atoms with van der Waals surface area (Å²) in [5.41, 5.74) is -2.55. The van der Waals surface area contributed by atoms with Gasteiger partial charge >= 0.3 is 0 Å². The van der Waals surface area contributed by atoms with Gasteiger partial charge in [0.1, 0.15) is 0 Å². The van der Waals surface area contributed by atoms with Crippen LogP contribution in [-0.4, -0.2) is 32.1 Å². The second-order valence-corrected chi connectivity index (χ2v) is 9.27. The number of hydrogen-bond acceptors (Lipinski definition) is 3. The molecule has 0 aliphatic heterocycles. The van der Waals surface area contributed by atoms with Crippen LogP contribution in [0.5, 0.6) is 0 Å². The maximum Gasteiger partial charge on any atom is 0.0699 e. The van der Waals surface area contributed by atoms with Crippen molar-refractivity contribution in [1.29, 1.82) is 0 Å². The molecule has 4 aliphatic rings. The van der Waals surface area contributed by atoms with Crippen LogP contribution in [0.4, 0.5) is 0 Å². The average Bonchev–Trinajstić information content (AvgIpc) is 2.50. The molecule has 23 heavy (non-hydrogen) atoms. The molecule has 3 nitrogen and oxygen atoms in total. The van der Waals surface area contributed by atoms with Gasteiger partial charge in [0, 0.05) is 10.8 Å². The predicted molar refractivity (Wildman–Crippen MR) is 92.1 cm³/mol. The lowest BCUT2D eigenvalue weighted by Gasteiger charge is -2.71. The van der Waals surface area contributed by atoms with Crippen LogP contribution in [0.3, 0.4) is 0 Å². The molecule has 4 saturated carbocycles. The van der Waals surface area contributed by atoms with Crippen LogP contribution in [0.25, 0.3) is 0 Å². The molecule has 0 amide bonds. The van der Waals surface area contributed by atoms with Gasteiger partial charge in [0.15, 0.2) is 0 Å². The summed E-state index contributed by atoms with van der Waals surface area (Å²) in [6.45, 7) is 8.30. The van der Waals surface area contributed by atoms with E-state index in [1.165, 1.54) is 0 Å². The van der Waals surface area contributed by atoms with Crippen LogP contribution in [0.15, 0.2) is 0 Å². The van der Waals surface area contributed by atoms with Crippen molar-refractivity contribution < 1.29 is 15.3 Å². The molecule has 4 aliphatic carbocycles. The highest BCUT2D eigenvalue weighted by atomic mass is 16.3. The van der Waals surface area contributed by atoms with Crippen molar-refractivity contribution in [3.63, 3.8) is 0 Å². The molecule has 0 aromatic rings. The van der Waals surface area contributed by atoms with Crippen LogP contribution < -0.4 is 0 Å². The molecule has 3 N–H and O–H groups in total. The van der Waals surface area contributed by atoms with Crippen LogP contribution >= 0.6 is 0 Å². The fraction of sp³-hybridized carbons (Fsp3) is 1.00. The first-order chi connectivity index (χ1) is 10.6. The summed E-state index contributed by atoms with van der Waals surface area (Å²) in [5.74, 6) is 0.450. The fourth-order valence-corrected chi connectivity index (χ4v) is 7.43. The zero-order valence-corrected chi connectivity index (χ0v) is 15.5. The van der Waals surface area contributed by atoms with Crippen molar-refractivity contribution >= 4 is 0 Å². The third-order valence-corrected chi connectivity index (χ3v) is 8.35. The third-order valence-electron chi connectivity index (χ3n) is 8.35. The van der Waals surface area contributed by atoms with Crippen LogP contribution in [0, 0.1) is 16.7 Å². The molecule has 4 bridgehead atoms. The number of rotatable bonds is 6. The van der Waals surface area contributed by atoms with E-state index in [-0.39, 0.29) is 10.8 Å². The van der Waals surface area contributed by atoms with Crippen molar-refractivity contribution in [2.75, 3.05) is 0 Å². The summed E-state index contributed by atoms with van der Waals surface area (Å²) in [7, 11) is 0. The smallest absolute Gasteiger partial charge is 0.0699 e. The Morgan fingerprint density at radius 1 is 0.739 bits per heavy atom. The molecule has 0 aromatic carbocycles. The predicted octanol–water partition coefficient (Wildman–Crippen LogP) is 3.79. The van der Waals surface area contributed by atoms with Crippen molar-refractivity contribution in [2.45, 2.75) is 109 Å². The average molecular weight is 325 g/mol. The lowest BCUT2D eigenvalue weighted by Crippen LogP contribution is -2.70. The summed E-state index contributed by atoms with van der Waals surface area (Å²) >= 11 is 0. The SMILES string of the molecule is CCC(O)(CC)C12CC3CC(O)(C1)CC(C(O)(CC)CC)(C3)C2. The Morgan fingerprint density at radius 2 is 1.13 bits per heavy atom. The van der Waals surface area contributed by atoms with Crippen molar-refractivity contribution in [3.8, 4) is 0 Å². The minimum atomic E-state index is -0.714. The van der Waals surface area contributed by atoms with Crippen molar-refractivity contribution in [1.82, 2.24) is 0 Å². The van der Waals surface area contributed by atoms with Crippen LogP contribution in [0.2, 0.25) is 0 Å². The van der Waals surface area contributed by atoms with Crippen molar-refractivity contribution in [3.05, 3.63) is 0 Å². The lowest BCUT2D eigenvalue weighted by atomic mass is 9.36. The molecular formula is C20H36O3. The first-order valence-electron chi connectivity index (χ1n) is 9.82. The molecular weight excluding hydrogens is 288 g/mol. The molecule has 134 valence electrons. The molecule has 2 atom stereocenters. The van der Waals surface area contributed by atoms with E-state index < -0.39 is 16.8 Å². The quantitative estimate of drug-likeness (QED) is 0.696. The summed E-state index contributed by atoms with van der Waals surface area (Å²) < 4.78 is 0. The largest absolute Gasteiger partial charge is 0.390 e.